The molecule has 1 unspecified atom stereocenters. The molecule has 0 aliphatic carbocycles. The largest absolute Gasteiger partial charge is 0.481 e. The van der Waals surface area contributed by atoms with Gasteiger partial charge in [-0.2, -0.15) is 0 Å². The van der Waals surface area contributed by atoms with Crippen LogP contribution in [0.1, 0.15) is 26.2 Å². The van der Waals surface area contributed by atoms with Gasteiger partial charge in [0, 0.05) is 25.4 Å². The van der Waals surface area contributed by atoms with Gasteiger partial charge in [-0.15, -0.1) is 0 Å². The van der Waals surface area contributed by atoms with E-state index in [0.29, 0.717) is 6.42 Å². The topological polar surface area (TPSA) is 83.8 Å². The molecule has 0 radical (unpaired) electrons. The van der Waals surface area contributed by atoms with Gasteiger partial charge in [-0.3, -0.25) is 9.59 Å². The Labute approximate surface area is 82.7 Å². The van der Waals surface area contributed by atoms with E-state index in [4.69, 9.17) is 14.9 Å². The zero-order valence-electron chi connectivity index (χ0n) is 8.23. The second kappa shape index (κ2) is 7.32. The Bertz CT molecular complexity index is 190. The molecule has 0 bridgehead atoms. The fourth-order valence-corrected chi connectivity index (χ4v) is 0.868. The normalized spacial score (nSPS) is 12.1. The predicted molar refractivity (Wildman–Crippen MR) is 48.7 cm³/mol. The maximum Gasteiger partial charge on any atom is 0.305 e. The van der Waals surface area contributed by atoms with E-state index in [1.807, 2.05) is 0 Å². The van der Waals surface area contributed by atoms with Crippen LogP contribution in [0.15, 0.2) is 0 Å². The summed E-state index contributed by atoms with van der Waals surface area (Å²) in [6, 6.07) is 0. The summed E-state index contributed by atoms with van der Waals surface area (Å²) < 4.78 is 4.78. The lowest BCUT2D eigenvalue weighted by Crippen LogP contribution is -2.18. The quantitative estimate of drug-likeness (QED) is 0.587. The molecule has 0 aromatic carbocycles. The second-order valence-corrected chi connectivity index (χ2v) is 3.02. The molecule has 14 heavy (non-hydrogen) atoms. The van der Waals surface area contributed by atoms with Gasteiger partial charge < -0.3 is 14.9 Å². The molecule has 0 spiro atoms. The maximum atomic E-state index is 10.8. The third kappa shape index (κ3) is 6.42. The number of carboxylic acids is 1. The Morgan fingerprint density at radius 2 is 2.07 bits per heavy atom. The summed E-state index contributed by atoms with van der Waals surface area (Å²) in [5.41, 5.74) is 0. The molecule has 2 N–H and O–H groups in total. The van der Waals surface area contributed by atoms with Crippen LogP contribution in [-0.2, 0) is 14.3 Å². The first kappa shape index (κ1) is 12.9. The number of carbonyl (C=O) groups is 2. The molecule has 5 nitrogen and oxygen atoms in total. The zero-order valence-corrected chi connectivity index (χ0v) is 8.23. The van der Waals surface area contributed by atoms with Crippen LogP contribution in [0.2, 0.25) is 0 Å². The van der Waals surface area contributed by atoms with Gasteiger partial charge in [0.1, 0.15) is 0 Å². The molecular formula is C9H16O5. The van der Waals surface area contributed by atoms with Crippen molar-refractivity contribution in [2.24, 2.45) is 5.92 Å². The minimum atomic E-state index is -0.912. The minimum absolute atomic E-state index is 0.0189. The summed E-state index contributed by atoms with van der Waals surface area (Å²) in [4.78, 5) is 21.0. The smallest absolute Gasteiger partial charge is 0.305 e. The van der Waals surface area contributed by atoms with Gasteiger partial charge in [-0.25, -0.2) is 0 Å². The Morgan fingerprint density at radius 1 is 1.43 bits per heavy atom. The Morgan fingerprint density at radius 3 is 2.50 bits per heavy atom. The molecule has 0 fully saturated rings. The zero-order chi connectivity index (χ0) is 11.0. The molecule has 5 heteroatoms. The highest BCUT2D eigenvalue weighted by molar-refractivity contribution is 5.68. The van der Waals surface area contributed by atoms with Crippen molar-refractivity contribution >= 4 is 11.9 Å². The fraction of sp³-hybridized carbons (Fsp3) is 0.778. The Hall–Kier alpha value is -1.10. The third-order valence-electron chi connectivity index (χ3n) is 1.79. The first-order valence-electron chi connectivity index (χ1n) is 4.58. The number of carboxylic acid groups (broad SMARTS) is 1. The predicted octanol–water partition coefficient (Wildman–Crippen LogP) is 0.413. The highest BCUT2D eigenvalue weighted by Crippen LogP contribution is 2.06. The van der Waals surface area contributed by atoms with Crippen molar-refractivity contribution in [1.29, 1.82) is 0 Å². The maximum absolute atomic E-state index is 10.8. The summed E-state index contributed by atoms with van der Waals surface area (Å²) in [6.45, 7) is 1.61. The Kier molecular flexibility index (Phi) is 6.74. The van der Waals surface area contributed by atoms with Gasteiger partial charge in [-0.05, 0) is 6.42 Å². The molecule has 0 aromatic heterocycles. The van der Waals surface area contributed by atoms with Crippen LogP contribution in [0, 0.1) is 5.92 Å². The average Bonchev–Trinajstić information content (AvgIpc) is 2.17. The molecule has 0 aromatic rings. The van der Waals surface area contributed by atoms with Crippen LogP contribution in [0.25, 0.3) is 0 Å². The summed E-state index contributed by atoms with van der Waals surface area (Å²) in [6.07, 6.45) is 0.592. The number of hydrogen-bond acceptors (Lipinski definition) is 4. The highest BCUT2D eigenvalue weighted by atomic mass is 16.5. The molecular weight excluding hydrogens is 188 g/mol. The van der Waals surface area contributed by atoms with E-state index in [0.717, 1.165) is 0 Å². The first-order chi connectivity index (χ1) is 6.60. The van der Waals surface area contributed by atoms with E-state index >= 15 is 0 Å². The molecule has 0 saturated heterocycles. The van der Waals surface area contributed by atoms with E-state index in [-0.39, 0.29) is 37.9 Å². The van der Waals surface area contributed by atoms with Crippen molar-refractivity contribution in [3.05, 3.63) is 0 Å². The van der Waals surface area contributed by atoms with Crippen LogP contribution in [0.3, 0.4) is 0 Å². The van der Waals surface area contributed by atoms with E-state index in [1.165, 1.54) is 0 Å². The summed E-state index contributed by atoms with van der Waals surface area (Å²) in [5, 5.41) is 17.2. The SMILES string of the molecule is CCC(=O)OCC(CO)CCC(=O)O. The average molecular weight is 204 g/mol. The van der Waals surface area contributed by atoms with Crippen molar-refractivity contribution in [3.63, 3.8) is 0 Å². The number of aliphatic carboxylic acids is 1. The van der Waals surface area contributed by atoms with E-state index < -0.39 is 5.97 Å². The lowest BCUT2D eigenvalue weighted by Gasteiger charge is -2.12. The van der Waals surface area contributed by atoms with Gasteiger partial charge in [0.05, 0.1) is 6.61 Å². The van der Waals surface area contributed by atoms with Crippen molar-refractivity contribution in [2.45, 2.75) is 26.2 Å². The number of rotatable bonds is 7. The van der Waals surface area contributed by atoms with Crippen LogP contribution in [0.5, 0.6) is 0 Å². The van der Waals surface area contributed by atoms with Gasteiger partial charge in [0.25, 0.3) is 0 Å². The van der Waals surface area contributed by atoms with Gasteiger partial charge in [0.15, 0.2) is 0 Å². The lowest BCUT2D eigenvalue weighted by atomic mass is 10.1. The molecule has 0 rings (SSSR count). The van der Waals surface area contributed by atoms with Gasteiger partial charge in [-0.1, -0.05) is 6.92 Å². The van der Waals surface area contributed by atoms with E-state index in [9.17, 15) is 9.59 Å². The number of aliphatic hydroxyl groups excluding tert-OH is 1. The van der Waals surface area contributed by atoms with Crippen LogP contribution in [-0.4, -0.2) is 35.4 Å². The summed E-state index contributed by atoms with van der Waals surface area (Å²) >= 11 is 0. The molecule has 0 amide bonds. The number of carbonyl (C=O) groups excluding carboxylic acids is 1. The van der Waals surface area contributed by atoms with Gasteiger partial charge >= 0.3 is 11.9 Å². The summed E-state index contributed by atoms with van der Waals surface area (Å²) in [5.74, 6) is -1.52. The molecule has 1 atom stereocenters. The van der Waals surface area contributed by atoms with Crippen molar-refractivity contribution in [3.8, 4) is 0 Å². The second-order valence-electron chi connectivity index (χ2n) is 3.02. The number of hydrogen-bond donors (Lipinski definition) is 2. The number of aliphatic hydroxyl groups is 1. The molecule has 0 heterocycles. The molecule has 0 aliphatic heterocycles. The number of ether oxygens (including phenoxy) is 1. The minimum Gasteiger partial charge on any atom is -0.481 e. The highest BCUT2D eigenvalue weighted by Gasteiger charge is 2.11. The van der Waals surface area contributed by atoms with Crippen molar-refractivity contribution in [1.82, 2.24) is 0 Å². The van der Waals surface area contributed by atoms with Crippen molar-refractivity contribution < 1.29 is 24.5 Å². The van der Waals surface area contributed by atoms with E-state index in [2.05, 4.69) is 0 Å². The summed E-state index contributed by atoms with van der Waals surface area (Å²) in [7, 11) is 0. The molecule has 0 saturated carbocycles. The monoisotopic (exact) mass is 204 g/mol. The molecule has 82 valence electrons. The first-order valence-corrected chi connectivity index (χ1v) is 4.58. The van der Waals surface area contributed by atoms with Gasteiger partial charge in [0.2, 0.25) is 0 Å². The standard InChI is InChI=1S/C9H16O5/c1-2-9(13)14-6-7(5-10)3-4-8(11)12/h7,10H,2-6H2,1H3,(H,11,12). The fourth-order valence-electron chi connectivity index (χ4n) is 0.868. The third-order valence-corrected chi connectivity index (χ3v) is 1.79. The van der Waals surface area contributed by atoms with Crippen LogP contribution < -0.4 is 0 Å². The Balaban J connectivity index is 3.68. The molecule has 0 aliphatic rings. The van der Waals surface area contributed by atoms with Crippen molar-refractivity contribution in [2.75, 3.05) is 13.2 Å². The number of esters is 1. The van der Waals surface area contributed by atoms with E-state index in [1.54, 1.807) is 6.92 Å². The van der Waals surface area contributed by atoms with Crippen LogP contribution in [0.4, 0.5) is 0 Å². The lowest BCUT2D eigenvalue weighted by molar-refractivity contribution is -0.145. The van der Waals surface area contributed by atoms with Crippen LogP contribution >= 0.6 is 0 Å².